The third-order valence-electron chi connectivity index (χ3n) is 2.60. The third-order valence-corrected chi connectivity index (χ3v) is 3.98. The van der Waals surface area contributed by atoms with Crippen molar-refractivity contribution in [2.24, 2.45) is 0 Å². The molecule has 16 heavy (non-hydrogen) atoms. The summed E-state index contributed by atoms with van der Waals surface area (Å²) in [5, 5.41) is 12.0. The van der Waals surface area contributed by atoms with Crippen LogP contribution in [0.15, 0.2) is 24.3 Å². The van der Waals surface area contributed by atoms with Crippen LogP contribution in [0.5, 0.6) is 0 Å². The van der Waals surface area contributed by atoms with Crippen LogP contribution in [0.2, 0.25) is 0 Å². The predicted octanol–water partition coefficient (Wildman–Crippen LogP) is 2.01. The number of carbonyl (C=O) groups is 1. The Balaban J connectivity index is 1.99. The van der Waals surface area contributed by atoms with Gasteiger partial charge >= 0.3 is 0 Å². The van der Waals surface area contributed by atoms with E-state index < -0.39 is 0 Å². The second kappa shape index (κ2) is 5.37. The highest BCUT2D eigenvalue weighted by molar-refractivity contribution is 8.00. The molecule has 1 saturated heterocycles. The van der Waals surface area contributed by atoms with Gasteiger partial charge in [-0.2, -0.15) is 0 Å². The van der Waals surface area contributed by atoms with Gasteiger partial charge in [0.25, 0.3) is 0 Å². The van der Waals surface area contributed by atoms with Crippen molar-refractivity contribution in [2.45, 2.75) is 24.7 Å². The first kappa shape index (κ1) is 11.5. The fourth-order valence-corrected chi connectivity index (χ4v) is 2.92. The van der Waals surface area contributed by atoms with Gasteiger partial charge in [-0.05, 0) is 36.3 Å². The molecular weight excluding hydrogens is 222 g/mol. The lowest BCUT2D eigenvalue weighted by Crippen LogP contribution is -2.22. The van der Waals surface area contributed by atoms with Gasteiger partial charge in [-0.3, -0.25) is 4.79 Å². The van der Waals surface area contributed by atoms with Crippen LogP contribution in [-0.4, -0.2) is 22.0 Å². The van der Waals surface area contributed by atoms with E-state index in [9.17, 15) is 4.79 Å². The van der Waals surface area contributed by atoms with Crippen molar-refractivity contribution >= 4 is 23.4 Å². The highest BCUT2D eigenvalue weighted by atomic mass is 32.2. The highest BCUT2D eigenvalue weighted by Crippen LogP contribution is 2.27. The first-order valence-corrected chi connectivity index (χ1v) is 6.47. The lowest BCUT2D eigenvalue weighted by atomic mass is 10.2. The number of benzene rings is 1. The van der Waals surface area contributed by atoms with Crippen molar-refractivity contribution in [1.82, 2.24) is 0 Å². The van der Waals surface area contributed by atoms with Gasteiger partial charge < -0.3 is 10.4 Å². The minimum Gasteiger partial charge on any atom is -0.392 e. The van der Waals surface area contributed by atoms with E-state index in [0.717, 1.165) is 29.8 Å². The smallest absolute Gasteiger partial charge is 0.237 e. The number of rotatable bonds is 3. The molecule has 0 spiro atoms. The lowest BCUT2D eigenvalue weighted by molar-refractivity contribution is -0.115. The largest absolute Gasteiger partial charge is 0.392 e. The zero-order chi connectivity index (χ0) is 11.4. The zero-order valence-electron chi connectivity index (χ0n) is 8.98. The quantitative estimate of drug-likeness (QED) is 0.845. The summed E-state index contributed by atoms with van der Waals surface area (Å²) >= 11 is 1.72. The topological polar surface area (TPSA) is 49.3 Å². The van der Waals surface area contributed by atoms with E-state index in [1.54, 1.807) is 17.8 Å². The summed E-state index contributed by atoms with van der Waals surface area (Å²) in [6, 6.07) is 7.32. The lowest BCUT2D eigenvalue weighted by Gasteiger charge is -2.10. The van der Waals surface area contributed by atoms with E-state index in [0.29, 0.717) is 0 Å². The molecule has 1 fully saturated rings. The molecule has 1 amide bonds. The van der Waals surface area contributed by atoms with Crippen molar-refractivity contribution in [3.63, 3.8) is 0 Å². The molecule has 0 aromatic heterocycles. The Bertz CT molecular complexity index is 375. The van der Waals surface area contributed by atoms with E-state index >= 15 is 0 Å². The van der Waals surface area contributed by atoms with Gasteiger partial charge in [0, 0.05) is 5.69 Å². The summed E-state index contributed by atoms with van der Waals surface area (Å²) < 4.78 is 0. The Morgan fingerprint density at radius 1 is 1.56 bits per heavy atom. The van der Waals surface area contributed by atoms with Crippen molar-refractivity contribution in [3.05, 3.63) is 29.8 Å². The SMILES string of the molecule is O=C(Nc1cccc(CO)c1)C1CCCS1. The highest BCUT2D eigenvalue weighted by Gasteiger charge is 2.23. The number of amides is 1. The summed E-state index contributed by atoms with van der Waals surface area (Å²) in [5.74, 6) is 1.16. The first-order valence-electron chi connectivity index (χ1n) is 5.42. The summed E-state index contributed by atoms with van der Waals surface area (Å²) in [5.41, 5.74) is 1.58. The third kappa shape index (κ3) is 2.77. The molecule has 1 aromatic rings. The van der Waals surface area contributed by atoms with Crippen molar-refractivity contribution in [2.75, 3.05) is 11.1 Å². The number of hydrogen-bond acceptors (Lipinski definition) is 3. The van der Waals surface area contributed by atoms with Crippen LogP contribution >= 0.6 is 11.8 Å². The van der Waals surface area contributed by atoms with Crippen LogP contribution in [0.25, 0.3) is 0 Å². The van der Waals surface area contributed by atoms with Crippen LogP contribution < -0.4 is 5.32 Å². The average Bonchev–Trinajstić information content (AvgIpc) is 2.83. The van der Waals surface area contributed by atoms with Gasteiger partial charge in [-0.1, -0.05) is 12.1 Å². The number of aliphatic hydroxyl groups excluding tert-OH is 1. The zero-order valence-corrected chi connectivity index (χ0v) is 9.80. The van der Waals surface area contributed by atoms with E-state index in [-0.39, 0.29) is 17.8 Å². The van der Waals surface area contributed by atoms with Crippen LogP contribution in [0.3, 0.4) is 0 Å². The number of nitrogens with one attached hydrogen (secondary N) is 1. The Morgan fingerprint density at radius 3 is 3.12 bits per heavy atom. The Morgan fingerprint density at radius 2 is 2.44 bits per heavy atom. The van der Waals surface area contributed by atoms with Crippen molar-refractivity contribution in [3.8, 4) is 0 Å². The molecule has 0 radical (unpaired) electrons. The van der Waals surface area contributed by atoms with E-state index in [1.807, 2.05) is 18.2 Å². The first-order chi connectivity index (χ1) is 7.79. The van der Waals surface area contributed by atoms with Gasteiger partial charge in [0.2, 0.25) is 5.91 Å². The standard InChI is InChI=1S/C12H15NO2S/c14-8-9-3-1-4-10(7-9)13-12(15)11-5-2-6-16-11/h1,3-4,7,11,14H,2,5-6,8H2,(H,13,15). The van der Waals surface area contributed by atoms with Gasteiger partial charge in [0.1, 0.15) is 0 Å². The molecule has 0 saturated carbocycles. The molecular formula is C12H15NO2S. The number of aliphatic hydroxyl groups is 1. The normalized spacial score (nSPS) is 19.7. The van der Waals surface area contributed by atoms with E-state index in [4.69, 9.17) is 5.11 Å². The van der Waals surface area contributed by atoms with E-state index in [2.05, 4.69) is 5.32 Å². The molecule has 2 rings (SSSR count). The van der Waals surface area contributed by atoms with Crippen LogP contribution in [0.4, 0.5) is 5.69 Å². The van der Waals surface area contributed by atoms with E-state index in [1.165, 1.54) is 0 Å². The number of thioether (sulfide) groups is 1. The minimum absolute atomic E-state index is 0.00187. The van der Waals surface area contributed by atoms with Gasteiger partial charge in [0.05, 0.1) is 11.9 Å². The molecule has 86 valence electrons. The van der Waals surface area contributed by atoms with Crippen LogP contribution in [0.1, 0.15) is 18.4 Å². The fraction of sp³-hybridized carbons (Fsp3) is 0.417. The molecule has 1 aromatic carbocycles. The maximum atomic E-state index is 11.8. The molecule has 0 bridgehead atoms. The maximum absolute atomic E-state index is 11.8. The van der Waals surface area contributed by atoms with Crippen molar-refractivity contribution in [1.29, 1.82) is 0 Å². The molecule has 0 aliphatic carbocycles. The summed E-state index contributed by atoms with van der Waals surface area (Å²) in [6.07, 6.45) is 2.09. The van der Waals surface area contributed by atoms with Gasteiger partial charge in [0.15, 0.2) is 0 Å². The Labute approximate surface area is 99.2 Å². The fourth-order valence-electron chi connectivity index (χ4n) is 1.75. The molecule has 1 aliphatic heterocycles. The van der Waals surface area contributed by atoms with Crippen molar-refractivity contribution < 1.29 is 9.90 Å². The molecule has 3 nitrogen and oxygen atoms in total. The van der Waals surface area contributed by atoms with Gasteiger partial charge in [-0.25, -0.2) is 0 Å². The van der Waals surface area contributed by atoms with Crippen LogP contribution in [-0.2, 0) is 11.4 Å². The number of anilines is 1. The molecule has 4 heteroatoms. The summed E-state index contributed by atoms with van der Waals surface area (Å²) in [4.78, 5) is 11.8. The van der Waals surface area contributed by atoms with Crippen LogP contribution in [0, 0.1) is 0 Å². The molecule has 1 heterocycles. The molecule has 1 unspecified atom stereocenters. The maximum Gasteiger partial charge on any atom is 0.237 e. The molecule has 1 atom stereocenters. The Hall–Kier alpha value is -1.00. The second-order valence-electron chi connectivity index (χ2n) is 3.85. The second-order valence-corrected chi connectivity index (χ2v) is 5.16. The minimum atomic E-state index is 0.00187. The van der Waals surface area contributed by atoms with Gasteiger partial charge in [-0.15, -0.1) is 11.8 Å². The number of carbonyl (C=O) groups excluding carboxylic acids is 1. The number of hydrogen-bond donors (Lipinski definition) is 2. The summed E-state index contributed by atoms with van der Waals surface area (Å²) in [6.45, 7) is 0.00187. The molecule has 1 aliphatic rings. The predicted molar refractivity (Wildman–Crippen MR) is 66.5 cm³/mol. The Kier molecular flexibility index (Phi) is 3.85. The molecule has 2 N–H and O–H groups in total. The summed E-state index contributed by atoms with van der Waals surface area (Å²) in [7, 11) is 0. The monoisotopic (exact) mass is 237 g/mol. The average molecular weight is 237 g/mol.